The molecule has 6 heteroatoms. The molecule has 3 N–H and O–H groups in total. The minimum Gasteiger partial charge on any atom is -0.492 e. The first-order valence-electron chi connectivity index (χ1n) is 6.47. The SMILES string of the molecule is O=C(O)C(O)CCNC(=O)C1COc2ccccc2C1. The molecule has 0 radical (unpaired) electrons. The summed E-state index contributed by atoms with van der Waals surface area (Å²) in [6.45, 7) is 0.439. The molecule has 0 spiro atoms. The fraction of sp³-hybridized carbons (Fsp3) is 0.429. The molecule has 2 atom stereocenters. The molecule has 0 aromatic heterocycles. The molecule has 1 aromatic rings. The normalized spacial score (nSPS) is 18.6. The molecular weight excluding hydrogens is 262 g/mol. The molecule has 0 saturated heterocycles. The zero-order valence-electron chi connectivity index (χ0n) is 10.9. The number of para-hydroxylation sites is 1. The van der Waals surface area contributed by atoms with Gasteiger partial charge in [0.1, 0.15) is 12.4 Å². The second-order valence-electron chi connectivity index (χ2n) is 4.75. The van der Waals surface area contributed by atoms with Crippen LogP contribution in [0.5, 0.6) is 5.75 Å². The smallest absolute Gasteiger partial charge is 0.332 e. The number of ether oxygens (including phenoxy) is 1. The molecule has 0 saturated carbocycles. The topological polar surface area (TPSA) is 95.9 Å². The Hall–Kier alpha value is -2.08. The molecule has 0 fully saturated rings. The Kier molecular flexibility index (Phi) is 4.57. The molecule has 1 aliphatic heterocycles. The summed E-state index contributed by atoms with van der Waals surface area (Å²) in [5.41, 5.74) is 0.990. The maximum Gasteiger partial charge on any atom is 0.332 e. The summed E-state index contributed by atoms with van der Waals surface area (Å²) >= 11 is 0. The third kappa shape index (κ3) is 3.48. The first-order valence-corrected chi connectivity index (χ1v) is 6.47. The van der Waals surface area contributed by atoms with Gasteiger partial charge in [0.05, 0.1) is 5.92 Å². The van der Waals surface area contributed by atoms with Crippen LogP contribution in [0.15, 0.2) is 24.3 Å². The Bertz CT molecular complexity index is 502. The van der Waals surface area contributed by atoms with Crippen LogP contribution >= 0.6 is 0 Å². The molecule has 1 aliphatic rings. The van der Waals surface area contributed by atoms with Gasteiger partial charge in [0.25, 0.3) is 0 Å². The number of rotatable bonds is 5. The number of amides is 1. The molecule has 108 valence electrons. The van der Waals surface area contributed by atoms with Gasteiger partial charge in [0.2, 0.25) is 5.91 Å². The van der Waals surface area contributed by atoms with Crippen LogP contribution in [0.1, 0.15) is 12.0 Å². The van der Waals surface area contributed by atoms with Crippen LogP contribution in [-0.2, 0) is 16.0 Å². The third-order valence-corrected chi connectivity index (χ3v) is 3.25. The highest BCUT2D eigenvalue weighted by Gasteiger charge is 2.25. The lowest BCUT2D eigenvalue weighted by atomic mass is 9.96. The molecule has 2 unspecified atom stereocenters. The average Bonchev–Trinajstić information content (AvgIpc) is 2.46. The summed E-state index contributed by atoms with van der Waals surface area (Å²) < 4.78 is 5.52. The molecule has 1 heterocycles. The highest BCUT2D eigenvalue weighted by molar-refractivity contribution is 5.79. The van der Waals surface area contributed by atoms with Gasteiger partial charge in [-0.1, -0.05) is 18.2 Å². The Morgan fingerprint density at radius 1 is 1.40 bits per heavy atom. The standard InChI is InChI=1S/C14H17NO5/c16-11(14(18)19)5-6-15-13(17)10-7-9-3-1-2-4-12(9)20-8-10/h1-4,10-11,16H,5-8H2,(H,15,17)(H,18,19). The van der Waals surface area contributed by atoms with E-state index in [1.807, 2.05) is 24.3 Å². The van der Waals surface area contributed by atoms with E-state index in [0.717, 1.165) is 11.3 Å². The van der Waals surface area contributed by atoms with Crippen LogP contribution < -0.4 is 10.1 Å². The van der Waals surface area contributed by atoms with E-state index < -0.39 is 12.1 Å². The predicted molar refractivity (Wildman–Crippen MR) is 70.4 cm³/mol. The Morgan fingerprint density at radius 3 is 2.90 bits per heavy atom. The lowest BCUT2D eigenvalue weighted by Crippen LogP contribution is -2.39. The number of aliphatic hydroxyl groups excluding tert-OH is 1. The van der Waals surface area contributed by atoms with Gasteiger partial charge in [-0.05, 0) is 18.1 Å². The summed E-state index contributed by atoms with van der Waals surface area (Å²) in [5, 5.41) is 20.3. The van der Waals surface area contributed by atoms with E-state index in [2.05, 4.69) is 5.32 Å². The summed E-state index contributed by atoms with van der Waals surface area (Å²) in [6, 6.07) is 7.56. The minimum atomic E-state index is -1.45. The van der Waals surface area contributed by atoms with E-state index in [4.69, 9.17) is 14.9 Å². The third-order valence-electron chi connectivity index (χ3n) is 3.25. The minimum absolute atomic E-state index is 0.00869. The fourth-order valence-electron chi connectivity index (χ4n) is 2.10. The van der Waals surface area contributed by atoms with Gasteiger partial charge in [0, 0.05) is 13.0 Å². The van der Waals surface area contributed by atoms with Gasteiger partial charge in [-0.25, -0.2) is 4.79 Å². The van der Waals surface area contributed by atoms with Gasteiger partial charge < -0.3 is 20.3 Å². The average molecular weight is 279 g/mol. The number of carboxylic acids is 1. The number of carbonyl (C=O) groups excluding carboxylic acids is 1. The summed E-state index contributed by atoms with van der Waals surface area (Å²) in [6.07, 6.45) is -0.854. The molecule has 1 amide bonds. The van der Waals surface area contributed by atoms with Crippen molar-refractivity contribution in [3.8, 4) is 5.75 Å². The van der Waals surface area contributed by atoms with Gasteiger partial charge in [-0.2, -0.15) is 0 Å². The quantitative estimate of drug-likeness (QED) is 0.715. The van der Waals surface area contributed by atoms with Crippen molar-refractivity contribution < 1.29 is 24.5 Å². The first-order chi connectivity index (χ1) is 9.58. The van der Waals surface area contributed by atoms with Gasteiger partial charge in [-0.3, -0.25) is 4.79 Å². The second-order valence-corrected chi connectivity index (χ2v) is 4.75. The fourth-order valence-corrected chi connectivity index (χ4v) is 2.10. The first kappa shape index (κ1) is 14.3. The number of hydrogen-bond donors (Lipinski definition) is 3. The largest absolute Gasteiger partial charge is 0.492 e. The molecule has 0 bridgehead atoms. The number of carbonyl (C=O) groups is 2. The van der Waals surface area contributed by atoms with Crippen molar-refractivity contribution >= 4 is 11.9 Å². The maximum absolute atomic E-state index is 11.9. The second kappa shape index (κ2) is 6.38. The van der Waals surface area contributed by atoms with Crippen molar-refractivity contribution in [1.82, 2.24) is 5.32 Å². The zero-order chi connectivity index (χ0) is 14.5. The highest BCUT2D eigenvalue weighted by atomic mass is 16.5. The van der Waals surface area contributed by atoms with Crippen molar-refractivity contribution in [2.24, 2.45) is 5.92 Å². The van der Waals surface area contributed by atoms with Crippen LogP contribution in [0.3, 0.4) is 0 Å². The van der Waals surface area contributed by atoms with Crippen LogP contribution in [-0.4, -0.2) is 41.3 Å². The van der Waals surface area contributed by atoms with E-state index in [1.165, 1.54) is 0 Å². The number of aliphatic hydroxyl groups is 1. The number of fused-ring (bicyclic) bond motifs is 1. The van der Waals surface area contributed by atoms with E-state index in [9.17, 15) is 9.59 Å². The van der Waals surface area contributed by atoms with Crippen LogP contribution in [0.2, 0.25) is 0 Å². The lowest BCUT2D eigenvalue weighted by molar-refractivity contribution is -0.147. The van der Waals surface area contributed by atoms with E-state index in [0.29, 0.717) is 13.0 Å². The maximum atomic E-state index is 11.9. The molecular formula is C14H17NO5. The Labute approximate surface area is 116 Å². The van der Waals surface area contributed by atoms with E-state index in [1.54, 1.807) is 0 Å². The zero-order valence-corrected chi connectivity index (χ0v) is 10.9. The molecule has 6 nitrogen and oxygen atoms in total. The van der Waals surface area contributed by atoms with Gasteiger partial charge in [-0.15, -0.1) is 0 Å². The number of hydrogen-bond acceptors (Lipinski definition) is 4. The van der Waals surface area contributed by atoms with Gasteiger partial charge in [0.15, 0.2) is 6.10 Å². The number of nitrogens with one attached hydrogen (secondary N) is 1. The van der Waals surface area contributed by atoms with Crippen molar-refractivity contribution in [2.45, 2.75) is 18.9 Å². The molecule has 2 rings (SSSR count). The number of aliphatic carboxylic acids is 1. The van der Waals surface area contributed by atoms with Crippen LogP contribution in [0.25, 0.3) is 0 Å². The van der Waals surface area contributed by atoms with Crippen LogP contribution in [0, 0.1) is 5.92 Å². The lowest BCUT2D eigenvalue weighted by Gasteiger charge is -2.24. The van der Waals surface area contributed by atoms with Crippen molar-refractivity contribution in [1.29, 1.82) is 0 Å². The molecule has 1 aromatic carbocycles. The monoisotopic (exact) mass is 279 g/mol. The Morgan fingerprint density at radius 2 is 2.15 bits per heavy atom. The summed E-state index contributed by atoms with van der Waals surface area (Å²) in [5.74, 6) is -0.948. The Balaban J connectivity index is 1.81. The van der Waals surface area contributed by atoms with Crippen molar-refractivity contribution in [3.05, 3.63) is 29.8 Å². The summed E-state index contributed by atoms with van der Waals surface area (Å²) in [7, 11) is 0. The molecule has 20 heavy (non-hydrogen) atoms. The van der Waals surface area contributed by atoms with E-state index >= 15 is 0 Å². The van der Waals surface area contributed by atoms with Crippen molar-refractivity contribution in [3.63, 3.8) is 0 Å². The summed E-state index contributed by atoms with van der Waals surface area (Å²) in [4.78, 5) is 22.4. The number of carboxylic acid groups (broad SMARTS) is 1. The molecule has 0 aliphatic carbocycles. The number of benzene rings is 1. The highest BCUT2D eigenvalue weighted by Crippen LogP contribution is 2.26. The van der Waals surface area contributed by atoms with E-state index in [-0.39, 0.29) is 24.8 Å². The van der Waals surface area contributed by atoms with Crippen LogP contribution in [0.4, 0.5) is 0 Å². The van der Waals surface area contributed by atoms with Gasteiger partial charge >= 0.3 is 5.97 Å². The predicted octanol–water partition coefficient (Wildman–Crippen LogP) is 0.190. The van der Waals surface area contributed by atoms with Crippen molar-refractivity contribution in [2.75, 3.05) is 13.2 Å².